The van der Waals surface area contributed by atoms with Crippen molar-refractivity contribution in [3.63, 3.8) is 0 Å². The quantitative estimate of drug-likeness (QED) is 0.670. The molecule has 1 aromatic heterocycles. The van der Waals surface area contributed by atoms with Gasteiger partial charge in [0, 0.05) is 24.5 Å². The van der Waals surface area contributed by atoms with Crippen LogP contribution in [-0.2, 0) is 0 Å². The van der Waals surface area contributed by atoms with Gasteiger partial charge < -0.3 is 15.4 Å². The lowest BCUT2D eigenvalue weighted by Crippen LogP contribution is -2.25. The first kappa shape index (κ1) is 13.9. The fourth-order valence-corrected chi connectivity index (χ4v) is 2.47. The summed E-state index contributed by atoms with van der Waals surface area (Å²) in [7, 11) is 0. The van der Waals surface area contributed by atoms with E-state index in [9.17, 15) is 4.79 Å². The maximum atomic E-state index is 11.9. The third-order valence-electron chi connectivity index (χ3n) is 2.66. The number of amides is 1. The lowest BCUT2D eigenvalue weighted by Gasteiger charge is -2.05. The minimum Gasteiger partial charge on any atom is -0.396 e. The highest BCUT2D eigenvalue weighted by Crippen LogP contribution is 2.11. The lowest BCUT2D eigenvalue weighted by molar-refractivity contribution is 0.0956. The van der Waals surface area contributed by atoms with Crippen molar-refractivity contribution in [2.24, 2.45) is 0 Å². The maximum Gasteiger partial charge on any atom is 0.251 e. The van der Waals surface area contributed by atoms with Crippen LogP contribution in [0.4, 0.5) is 0 Å². The second kappa shape index (κ2) is 7.16. The largest absolute Gasteiger partial charge is 0.396 e. The van der Waals surface area contributed by atoms with Gasteiger partial charge in [0.15, 0.2) is 0 Å². The van der Waals surface area contributed by atoms with Crippen molar-refractivity contribution < 1.29 is 9.90 Å². The first-order valence-electron chi connectivity index (χ1n) is 6.21. The first-order chi connectivity index (χ1) is 9.31. The van der Waals surface area contributed by atoms with Crippen LogP contribution in [-0.4, -0.2) is 45.6 Å². The zero-order chi connectivity index (χ0) is 13.5. The molecule has 0 aliphatic rings. The molecule has 0 saturated heterocycles. The molecule has 5 nitrogen and oxygen atoms in total. The average Bonchev–Trinajstić information content (AvgIpc) is 2.89. The Hall–Kier alpha value is -1.53. The van der Waals surface area contributed by atoms with Crippen LogP contribution in [0.5, 0.6) is 0 Å². The predicted molar refractivity (Wildman–Crippen MR) is 77.5 cm³/mol. The Kier molecular flexibility index (Phi) is 5.23. The number of aromatic nitrogens is 2. The summed E-state index contributed by atoms with van der Waals surface area (Å²) in [6.45, 7) is 0.861. The Labute approximate surface area is 115 Å². The first-order valence-corrected chi connectivity index (χ1v) is 7.36. The van der Waals surface area contributed by atoms with Crippen molar-refractivity contribution >= 4 is 28.7 Å². The van der Waals surface area contributed by atoms with Crippen LogP contribution in [0.3, 0.4) is 0 Å². The Morgan fingerprint density at radius 1 is 1.42 bits per heavy atom. The maximum absolute atomic E-state index is 11.9. The minimum absolute atomic E-state index is 0.0701. The molecule has 1 heterocycles. The van der Waals surface area contributed by atoms with Crippen LogP contribution in [0.25, 0.3) is 11.0 Å². The third kappa shape index (κ3) is 3.97. The standard InChI is InChI=1S/C13H17N3O2S/c17-5-1-6-19-7-4-14-13(18)10-2-3-11-12(8-10)16-9-15-11/h2-3,8-9,17H,1,4-7H2,(H,14,18)(H,15,16). The van der Waals surface area contributed by atoms with Gasteiger partial charge in [0.05, 0.1) is 17.4 Å². The van der Waals surface area contributed by atoms with E-state index in [1.54, 1.807) is 30.2 Å². The second-order valence-corrected chi connectivity index (χ2v) is 5.30. The number of hydrogen-bond donors (Lipinski definition) is 3. The number of H-pyrrole nitrogens is 1. The molecule has 102 valence electrons. The van der Waals surface area contributed by atoms with Crippen molar-refractivity contribution in [2.75, 3.05) is 24.7 Å². The van der Waals surface area contributed by atoms with Gasteiger partial charge in [0.1, 0.15) is 0 Å². The third-order valence-corrected chi connectivity index (χ3v) is 3.73. The zero-order valence-electron chi connectivity index (χ0n) is 10.6. The van der Waals surface area contributed by atoms with Gasteiger partial charge in [-0.3, -0.25) is 4.79 Å². The highest BCUT2D eigenvalue weighted by molar-refractivity contribution is 7.99. The van der Waals surface area contributed by atoms with Gasteiger partial charge in [-0.05, 0) is 30.4 Å². The molecule has 0 aliphatic heterocycles. The van der Waals surface area contributed by atoms with Gasteiger partial charge in [-0.1, -0.05) is 0 Å². The van der Waals surface area contributed by atoms with Crippen molar-refractivity contribution in [1.82, 2.24) is 15.3 Å². The Bertz CT molecular complexity index is 541. The van der Waals surface area contributed by atoms with E-state index < -0.39 is 0 Å². The van der Waals surface area contributed by atoms with Crippen LogP contribution < -0.4 is 5.32 Å². The Balaban J connectivity index is 1.79. The summed E-state index contributed by atoms with van der Waals surface area (Å²) in [6, 6.07) is 5.41. The summed E-state index contributed by atoms with van der Waals surface area (Å²) >= 11 is 1.73. The number of nitrogens with one attached hydrogen (secondary N) is 2. The molecule has 19 heavy (non-hydrogen) atoms. The van der Waals surface area contributed by atoms with E-state index >= 15 is 0 Å². The Morgan fingerprint density at radius 3 is 3.16 bits per heavy atom. The molecule has 0 saturated carbocycles. The van der Waals surface area contributed by atoms with Crippen molar-refractivity contribution in [1.29, 1.82) is 0 Å². The van der Waals surface area contributed by atoms with E-state index in [0.717, 1.165) is 29.0 Å². The van der Waals surface area contributed by atoms with Crippen molar-refractivity contribution in [3.05, 3.63) is 30.1 Å². The number of carbonyl (C=O) groups is 1. The number of nitrogens with zero attached hydrogens (tertiary/aromatic N) is 1. The fraction of sp³-hybridized carbons (Fsp3) is 0.385. The molecule has 1 aromatic carbocycles. The molecule has 0 aliphatic carbocycles. The number of aliphatic hydroxyl groups excluding tert-OH is 1. The monoisotopic (exact) mass is 279 g/mol. The summed E-state index contributed by atoms with van der Waals surface area (Å²) in [5, 5.41) is 11.5. The van der Waals surface area contributed by atoms with Crippen LogP contribution in [0.2, 0.25) is 0 Å². The normalized spacial score (nSPS) is 10.8. The lowest BCUT2D eigenvalue weighted by atomic mass is 10.2. The number of carbonyl (C=O) groups excluding carboxylic acids is 1. The molecule has 2 rings (SSSR count). The van der Waals surface area contributed by atoms with Gasteiger partial charge in [0.2, 0.25) is 0 Å². The summed E-state index contributed by atoms with van der Waals surface area (Å²) in [6.07, 6.45) is 2.42. The molecule has 0 atom stereocenters. The van der Waals surface area contributed by atoms with Crippen molar-refractivity contribution in [3.8, 4) is 0 Å². The smallest absolute Gasteiger partial charge is 0.251 e. The highest BCUT2D eigenvalue weighted by Gasteiger charge is 2.06. The molecular formula is C13H17N3O2S. The molecule has 0 spiro atoms. The number of hydrogen-bond acceptors (Lipinski definition) is 4. The fourth-order valence-electron chi connectivity index (χ4n) is 1.68. The van der Waals surface area contributed by atoms with Gasteiger partial charge in [0.25, 0.3) is 5.91 Å². The van der Waals surface area contributed by atoms with Gasteiger partial charge in [-0.25, -0.2) is 4.98 Å². The molecular weight excluding hydrogens is 262 g/mol. The van der Waals surface area contributed by atoms with E-state index in [0.29, 0.717) is 12.1 Å². The average molecular weight is 279 g/mol. The van der Waals surface area contributed by atoms with Gasteiger partial charge >= 0.3 is 0 Å². The van der Waals surface area contributed by atoms with E-state index in [1.807, 2.05) is 6.07 Å². The molecule has 0 bridgehead atoms. The van der Waals surface area contributed by atoms with Crippen LogP contribution in [0.15, 0.2) is 24.5 Å². The summed E-state index contributed by atoms with van der Waals surface area (Å²) in [5.41, 5.74) is 2.36. The number of aliphatic hydroxyl groups is 1. The van der Waals surface area contributed by atoms with E-state index in [-0.39, 0.29) is 12.5 Å². The van der Waals surface area contributed by atoms with Crippen LogP contribution in [0.1, 0.15) is 16.8 Å². The number of thioether (sulfide) groups is 1. The number of fused-ring (bicyclic) bond motifs is 1. The molecule has 0 radical (unpaired) electrons. The van der Waals surface area contributed by atoms with Crippen molar-refractivity contribution in [2.45, 2.75) is 6.42 Å². The van der Waals surface area contributed by atoms with E-state index in [1.165, 1.54) is 0 Å². The summed E-state index contributed by atoms with van der Waals surface area (Å²) in [5.74, 6) is 1.71. The molecule has 3 N–H and O–H groups in total. The van der Waals surface area contributed by atoms with Crippen LogP contribution >= 0.6 is 11.8 Å². The zero-order valence-corrected chi connectivity index (χ0v) is 11.4. The molecule has 6 heteroatoms. The van der Waals surface area contributed by atoms with Gasteiger partial charge in [-0.15, -0.1) is 0 Å². The predicted octanol–water partition coefficient (Wildman–Crippen LogP) is 1.41. The summed E-state index contributed by atoms with van der Waals surface area (Å²) in [4.78, 5) is 19.0. The minimum atomic E-state index is -0.0701. The SMILES string of the molecule is O=C(NCCSCCCO)c1ccc2nc[nH]c2c1. The topological polar surface area (TPSA) is 78.0 Å². The number of imidazole rings is 1. The summed E-state index contributed by atoms with van der Waals surface area (Å²) < 4.78 is 0. The van der Waals surface area contributed by atoms with E-state index in [2.05, 4.69) is 15.3 Å². The molecule has 2 aromatic rings. The highest BCUT2D eigenvalue weighted by atomic mass is 32.2. The van der Waals surface area contributed by atoms with Crippen LogP contribution in [0, 0.1) is 0 Å². The number of rotatable bonds is 7. The molecule has 0 fully saturated rings. The number of benzene rings is 1. The number of aromatic amines is 1. The molecule has 1 amide bonds. The Morgan fingerprint density at radius 2 is 2.32 bits per heavy atom. The second-order valence-electron chi connectivity index (χ2n) is 4.08. The van der Waals surface area contributed by atoms with E-state index in [4.69, 9.17) is 5.11 Å². The van der Waals surface area contributed by atoms with Gasteiger partial charge in [-0.2, -0.15) is 11.8 Å². The molecule has 0 unspecified atom stereocenters.